The van der Waals surface area contributed by atoms with Crippen LogP contribution in [0, 0.1) is 5.41 Å². The van der Waals surface area contributed by atoms with Gasteiger partial charge < -0.3 is 15.6 Å². The molecule has 3 nitrogen and oxygen atoms in total. The molecule has 0 saturated heterocycles. The Morgan fingerprint density at radius 3 is 2.11 bits per heavy atom. The van der Waals surface area contributed by atoms with Gasteiger partial charge in [0.25, 0.3) is 0 Å². The average Bonchev–Trinajstić information content (AvgIpc) is 2.27. The molecule has 0 unspecified atom stereocenters. The molecular formula is C14H24ClNO2. The molecule has 0 aromatic heterocycles. The minimum Gasteiger partial charge on any atom is -0.497 e. The van der Waals surface area contributed by atoms with Gasteiger partial charge in [0.1, 0.15) is 5.75 Å². The van der Waals surface area contributed by atoms with Gasteiger partial charge in [-0.25, -0.2) is 0 Å². The number of hydrogen-bond donors (Lipinski definition) is 2. The van der Waals surface area contributed by atoms with Crippen molar-refractivity contribution in [1.29, 1.82) is 0 Å². The first-order valence-electron chi connectivity index (χ1n) is 5.92. The van der Waals surface area contributed by atoms with E-state index in [1.54, 1.807) is 7.11 Å². The second-order valence-corrected chi connectivity index (χ2v) is 5.50. The normalized spacial score (nSPS) is 14.6. The van der Waals surface area contributed by atoms with Crippen LogP contribution in [0.1, 0.15) is 38.9 Å². The molecule has 3 N–H and O–H groups in total. The van der Waals surface area contributed by atoms with Crippen LogP contribution in [0.25, 0.3) is 0 Å². The number of benzene rings is 1. The number of aliphatic hydroxyl groups excluding tert-OH is 1. The number of ether oxygens (including phenoxy) is 1. The largest absolute Gasteiger partial charge is 0.497 e. The Labute approximate surface area is 116 Å². The highest BCUT2D eigenvalue weighted by molar-refractivity contribution is 5.85. The molecule has 2 atom stereocenters. The number of aliphatic hydroxyl groups is 1. The predicted octanol–water partition coefficient (Wildman–Crippen LogP) is 2.91. The molecule has 104 valence electrons. The average molecular weight is 274 g/mol. The number of methoxy groups -OCH3 is 1. The van der Waals surface area contributed by atoms with Crippen LogP contribution in [0.2, 0.25) is 0 Å². The Kier molecular flexibility index (Phi) is 6.68. The van der Waals surface area contributed by atoms with E-state index in [0.717, 1.165) is 11.3 Å². The van der Waals surface area contributed by atoms with Crippen molar-refractivity contribution in [3.63, 3.8) is 0 Å². The van der Waals surface area contributed by atoms with E-state index in [4.69, 9.17) is 10.5 Å². The van der Waals surface area contributed by atoms with E-state index in [9.17, 15) is 5.11 Å². The lowest BCUT2D eigenvalue weighted by atomic mass is 9.83. The van der Waals surface area contributed by atoms with Gasteiger partial charge in [-0.3, -0.25) is 0 Å². The third-order valence-corrected chi connectivity index (χ3v) is 3.09. The maximum absolute atomic E-state index is 10.1. The van der Waals surface area contributed by atoms with Crippen LogP contribution in [0.5, 0.6) is 5.75 Å². The van der Waals surface area contributed by atoms with E-state index < -0.39 is 6.10 Å². The van der Waals surface area contributed by atoms with Crippen LogP contribution in [0.4, 0.5) is 0 Å². The summed E-state index contributed by atoms with van der Waals surface area (Å²) in [6, 6.07) is 7.42. The van der Waals surface area contributed by atoms with Gasteiger partial charge in [-0.1, -0.05) is 32.9 Å². The minimum atomic E-state index is -0.518. The number of nitrogens with two attached hydrogens (primary N) is 1. The smallest absolute Gasteiger partial charge is 0.118 e. The molecule has 0 amide bonds. The van der Waals surface area contributed by atoms with Crippen LogP contribution in [0.15, 0.2) is 24.3 Å². The summed E-state index contributed by atoms with van der Waals surface area (Å²) in [5.74, 6) is 0.793. The van der Waals surface area contributed by atoms with Crippen molar-refractivity contribution in [1.82, 2.24) is 0 Å². The molecule has 0 aliphatic rings. The summed E-state index contributed by atoms with van der Waals surface area (Å²) < 4.78 is 5.08. The first-order valence-corrected chi connectivity index (χ1v) is 5.92. The van der Waals surface area contributed by atoms with E-state index in [1.807, 2.05) is 24.3 Å². The lowest BCUT2D eigenvalue weighted by Gasteiger charge is -2.29. The molecule has 0 heterocycles. The Morgan fingerprint density at radius 2 is 1.72 bits per heavy atom. The third-order valence-electron chi connectivity index (χ3n) is 3.09. The molecule has 0 bridgehead atoms. The molecule has 0 radical (unpaired) electrons. The second-order valence-electron chi connectivity index (χ2n) is 5.50. The highest BCUT2D eigenvalue weighted by Crippen LogP contribution is 2.27. The van der Waals surface area contributed by atoms with Gasteiger partial charge in [-0.2, -0.15) is 0 Å². The first-order chi connectivity index (χ1) is 7.84. The van der Waals surface area contributed by atoms with Crippen molar-refractivity contribution in [2.75, 3.05) is 7.11 Å². The van der Waals surface area contributed by atoms with Crippen LogP contribution < -0.4 is 10.5 Å². The standard InChI is InChI=1S/C14H23NO2.ClH/c1-14(2,3)13(15)9-12(16)10-5-7-11(17-4)8-6-10;/h5-8,12-13,16H,9,15H2,1-4H3;1H/t12-,13-;/m0./s1. The van der Waals surface area contributed by atoms with Crippen molar-refractivity contribution < 1.29 is 9.84 Å². The summed E-state index contributed by atoms with van der Waals surface area (Å²) in [5, 5.41) is 10.1. The number of rotatable bonds is 4. The van der Waals surface area contributed by atoms with Crippen molar-refractivity contribution >= 4 is 12.4 Å². The molecule has 0 spiro atoms. The van der Waals surface area contributed by atoms with Crippen molar-refractivity contribution in [3.8, 4) is 5.75 Å². The lowest BCUT2D eigenvalue weighted by molar-refractivity contribution is 0.133. The number of halogens is 1. The highest BCUT2D eigenvalue weighted by Gasteiger charge is 2.23. The van der Waals surface area contributed by atoms with E-state index in [1.165, 1.54) is 0 Å². The zero-order chi connectivity index (χ0) is 13.1. The van der Waals surface area contributed by atoms with Crippen LogP contribution in [0.3, 0.4) is 0 Å². The minimum absolute atomic E-state index is 0. The predicted molar refractivity (Wildman–Crippen MR) is 77.2 cm³/mol. The molecular weight excluding hydrogens is 250 g/mol. The first kappa shape index (κ1) is 17.2. The van der Waals surface area contributed by atoms with Crippen LogP contribution in [-0.4, -0.2) is 18.3 Å². The molecule has 1 aromatic rings. The molecule has 1 rings (SSSR count). The van der Waals surface area contributed by atoms with E-state index in [-0.39, 0.29) is 23.9 Å². The second kappa shape index (κ2) is 6.98. The zero-order valence-corrected chi connectivity index (χ0v) is 12.3. The van der Waals surface area contributed by atoms with Gasteiger partial charge >= 0.3 is 0 Å². The summed E-state index contributed by atoms with van der Waals surface area (Å²) in [6.07, 6.45) is 0.0469. The number of hydrogen-bond acceptors (Lipinski definition) is 3. The summed E-state index contributed by atoms with van der Waals surface area (Å²) in [6.45, 7) is 6.25. The Morgan fingerprint density at radius 1 is 1.22 bits per heavy atom. The van der Waals surface area contributed by atoms with Gasteiger partial charge in [0.15, 0.2) is 0 Å². The molecule has 4 heteroatoms. The summed E-state index contributed by atoms with van der Waals surface area (Å²) in [5.41, 5.74) is 6.95. The summed E-state index contributed by atoms with van der Waals surface area (Å²) in [7, 11) is 1.63. The van der Waals surface area contributed by atoms with Crippen LogP contribution >= 0.6 is 12.4 Å². The fourth-order valence-electron chi connectivity index (χ4n) is 1.56. The maximum atomic E-state index is 10.1. The Hall–Kier alpha value is -0.770. The summed E-state index contributed by atoms with van der Waals surface area (Å²) in [4.78, 5) is 0. The van der Waals surface area contributed by atoms with Gasteiger partial charge in [0.05, 0.1) is 13.2 Å². The molecule has 1 aromatic carbocycles. The van der Waals surface area contributed by atoms with Crippen LogP contribution in [-0.2, 0) is 0 Å². The fourth-order valence-corrected chi connectivity index (χ4v) is 1.56. The van der Waals surface area contributed by atoms with Gasteiger partial charge in [-0.05, 0) is 29.5 Å². The van der Waals surface area contributed by atoms with E-state index in [0.29, 0.717) is 6.42 Å². The monoisotopic (exact) mass is 273 g/mol. The fraction of sp³-hybridized carbons (Fsp3) is 0.571. The molecule has 0 saturated carbocycles. The SMILES string of the molecule is COc1ccc([C@@H](O)C[C@H](N)C(C)(C)C)cc1.Cl. The van der Waals surface area contributed by atoms with Crippen molar-refractivity contribution in [2.24, 2.45) is 11.1 Å². The molecule has 0 aliphatic heterocycles. The lowest BCUT2D eigenvalue weighted by Crippen LogP contribution is -2.36. The van der Waals surface area contributed by atoms with Crippen molar-refractivity contribution in [3.05, 3.63) is 29.8 Å². The Bertz CT molecular complexity index is 346. The van der Waals surface area contributed by atoms with Gasteiger partial charge in [0, 0.05) is 6.04 Å². The highest BCUT2D eigenvalue weighted by atomic mass is 35.5. The van der Waals surface area contributed by atoms with Gasteiger partial charge in [0.2, 0.25) is 0 Å². The zero-order valence-electron chi connectivity index (χ0n) is 11.5. The third kappa shape index (κ3) is 4.84. The molecule has 18 heavy (non-hydrogen) atoms. The quantitative estimate of drug-likeness (QED) is 0.887. The topological polar surface area (TPSA) is 55.5 Å². The Balaban J connectivity index is 0.00000289. The molecule has 0 aliphatic carbocycles. The molecule has 0 fully saturated rings. The van der Waals surface area contributed by atoms with E-state index >= 15 is 0 Å². The van der Waals surface area contributed by atoms with E-state index in [2.05, 4.69) is 20.8 Å². The van der Waals surface area contributed by atoms with Gasteiger partial charge in [-0.15, -0.1) is 12.4 Å². The van der Waals surface area contributed by atoms with Crippen molar-refractivity contribution in [2.45, 2.75) is 39.3 Å². The maximum Gasteiger partial charge on any atom is 0.118 e. The summed E-state index contributed by atoms with van der Waals surface area (Å²) >= 11 is 0.